The fourth-order valence-corrected chi connectivity index (χ4v) is 2.97. The molecule has 0 fully saturated rings. The second-order valence-corrected chi connectivity index (χ2v) is 6.53. The molecule has 0 spiro atoms. The molecule has 0 saturated heterocycles. The van der Waals surface area contributed by atoms with Gasteiger partial charge in [-0.05, 0) is 53.9 Å². The summed E-state index contributed by atoms with van der Waals surface area (Å²) in [6.07, 6.45) is 2.80. The van der Waals surface area contributed by atoms with Gasteiger partial charge in [0.25, 0.3) is 0 Å². The molecule has 0 radical (unpaired) electrons. The number of hydrogen-bond acceptors (Lipinski definition) is 2. The molecule has 3 rings (SSSR count). The SMILES string of the molecule is Cn1cc(CCC(=O)NCc2cccc(Cl)c2)c(-c2ccc(F)cc2)n1. The summed E-state index contributed by atoms with van der Waals surface area (Å²) >= 11 is 5.94. The minimum Gasteiger partial charge on any atom is -0.352 e. The lowest BCUT2D eigenvalue weighted by molar-refractivity contribution is -0.121. The fraction of sp³-hybridized carbons (Fsp3) is 0.200. The number of carbonyl (C=O) groups excluding carboxylic acids is 1. The van der Waals surface area contributed by atoms with Crippen molar-refractivity contribution in [3.8, 4) is 11.3 Å². The summed E-state index contributed by atoms with van der Waals surface area (Å²) in [5.41, 5.74) is 3.52. The Hall–Kier alpha value is -2.66. The van der Waals surface area contributed by atoms with E-state index in [2.05, 4.69) is 10.4 Å². The van der Waals surface area contributed by atoms with Gasteiger partial charge in [0.1, 0.15) is 5.82 Å². The number of hydrogen-bond donors (Lipinski definition) is 1. The zero-order chi connectivity index (χ0) is 18.5. The van der Waals surface area contributed by atoms with E-state index < -0.39 is 0 Å². The molecular formula is C20H19ClFN3O. The normalized spacial score (nSPS) is 10.7. The molecule has 0 saturated carbocycles. The number of benzene rings is 2. The lowest BCUT2D eigenvalue weighted by Crippen LogP contribution is -2.23. The van der Waals surface area contributed by atoms with Gasteiger partial charge in [-0.25, -0.2) is 4.39 Å². The van der Waals surface area contributed by atoms with Crippen LogP contribution < -0.4 is 5.32 Å². The summed E-state index contributed by atoms with van der Waals surface area (Å²) in [6, 6.07) is 13.6. The van der Waals surface area contributed by atoms with Crippen molar-refractivity contribution in [2.75, 3.05) is 0 Å². The van der Waals surface area contributed by atoms with Crippen LogP contribution in [-0.4, -0.2) is 15.7 Å². The molecule has 4 nitrogen and oxygen atoms in total. The highest BCUT2D eigenvalue weighted by Crippen LogP contribution is 2.23. The molecule has 6 heteroatoms. The van der Waals surface area contributed by atoms with Crippen LogP contribution in [0.4, 0.5) is 4.39 Å². The largest absolute Gasteiger partial charge is 0.352 e. The van der Waals surface area contributed by atoms with Crippen molar-refractivity contribution in [3.05, 3.63) is 76.7 Å². The molecule has 134 valence electrons. The molecule has 0 aliphatic rings. The van der Waals surface area contributed by atoms with Crippen molar-refractivity contribution in [2.45, 2.75) is 19.4 Å². The third-order valence-corrected chi connectivity index (χ3v) is 4.26. The number of aromatic nitrogens is 2. The molecule has 1 heterocycles. The Balaban J connectivity index is 1.61. The van der Waals surface area contributed by atoms with Crippen LogP contribution in [0.3, 0.4) is 0 Å². The second-order valence-electron chi connectivity index (χ2n) is 6.09. The van der Waals surface area contributed by atoms with Crippen molar-refractivity contribution in [3.63, 3.8) is 0 Å². The van der Waals surface area contributed by atoms with Crippen molar-refractivity contribution in [2.24, 2.45) is 7.05 Å². The Morgan fingerprint density at radius 1 is 1.23 bits per heavy atom. The van der Waals surface area contributed by atoms with E-state index in [1.54, 1.807) is 22.9 Å². The standard InChI is InChI=1S/C20H19ClFN3O/c1-25-13-16(20(24-25)15-5-8-18(22)9-6-15)7-10-19(26)23-12-14-3-2-4-17(21)11-14/h2-6,8-9,11,13H,7,10,12H2,1H3,(H,23,26). The van der Waals surface area contributed by atoms with E-state index in [4.69, 9.17) is 11.6 Å². The average molecular weight is 372 g/mol. The fourth-order valence-electron chi connectivity index (χ4n) is 2.76. The van der Waals surface area contributed by atoms with Gasteiger partial charge < -0.3 is 5.32 Å². The van der Waals surface area contributed by atoms with Gasteiger partial charge in [0.2, 0.25) is 5.91 Å². The van der Waals surface area contributed by atoms with Crippen LogP contribution in [0, 0.1) is 5.82 Å². The monoisotopic (exact) mass is 371 g/mol. The Morgan fingerprint density at radius 3 is 2.73 bits per heavy atom. The van der Waals surface area contributed by atoms with E-state index >= 15 is 0 Å². The van der Waals surface area contributed by atoms with E-state index in [0.717, 1.165) is 22.4 Å². The third-order valence-electron chi connectivity index (χ3n) is 4.02. The summed E-state index contributed by atoms with van der Waals surface area (Å²) in [7, 11) is 1.83. The van der Waals surface area contributed by atoms with Gasteiger partial charge in [-0.3, -0.25) is 9.48 Å². The Bertz CT molecular complexity index is 906. The Kier molecular flexibility index (Phi) is 5.68. The molecule has 26 heavy (non-hydrogen) atoms. The van der Waals surface area contributed by atoms with Gasteiger partial charge in [-0.2, -0.15) is 5.10 Å². The van der Waals surface area contributed by atoms with Gasteiger partial charge in [-0.1, -0.05) is 23.7 Å². The van der Waals surface area contributed by atoms with E-state index in [0.29, 0.717) is 24.4 Å². The molecule has 1 N–H and O–H groups in total. The number of carbonyl (C=O) groups is 1. The highest BCUT2D eigenvalue weighted by molar-refractivity contribution is 6.30. The van der Waals surface area contributed by atoms with Crippen LogP contribution in [0.1, 0.15) is 17.5 Å². The van der Waals surface area contributed by atoms with Gasteiger partial charge in [-0.15, -0.1) is 0 Å². The topological polar surface area (TPSA) is 46.9 Å². The van der Waals surface area contributed by atoms with E-state index in [1.807, 2.05) is 31.4 Å². The predicted molar refractivity (Wildman–Crippen MR) is 100 cm³/mol. The summed E-state index contributed by atoms with van der Waals surface area (Å²) in [5.74, 6) is -0.328. The summed E-state index contributed by atoms with van der Waals surface area (Å²) in [6.45, 7) is 0.442. The minimum absolute atomic E-state index is 0.0427. The summed E-state index contributed by atoms with van der Waals surface area (Å²) in [4.78, 5) is 12.2. The molecule has 0 aliphatic carbocycles. The first-order valence-corrected chi connectivity index (χ1v) is 8.68. The zero-order valence-corrected chi connectivity index (χ0v) is 15.1. The van der Waals surface area contributed by atoms with Crippen LogP contribution in [0.15, 0.2) is 54.7 Å². The maximum Gasteiger partial charge on any atom is 0.220 e. The van der Waals surface area contributed by atoms with Gasteiger partial charge in [0.05, 0.1) is 5.69 Å². The second kappa shape index (κ2) is 8.15. The number of rotatable bonds is 6. The smallest absolute Gasteiger partial charge is 0.220 e. The molecule has 1 amide bonds. The maximum atomic E-state index is 13.1. The summed E-state index contributed by atoms with van der Waals surface area (Å²) < 4.78 is 14.8. The molecule has 0 bridgehead atoms. The van der Waals surface area contributed by atoms with Crippen molar-refractivity contribution in [1.29, 1.82) is 0 Å². The Labute approximate surface area is 156 Å². The van der Waals surface area contributed by atoms with E-state index in [1.165, 1.54) is 12.1 Å². The zero-order valence-electron chi connectivity index (χ0n) is 14.4. The summed E-state index contributed by atoms with van der Waals surface area (Å²) in [5, 5.41) is 7.98. The quantitative estimate of drug-likeness (QED) is 0.708. The van der Waals surface area contributed by atoms with Crippen molar-refractivity contribution in [1.82, 2.24) is 15.1 Å². The van der Waals surface area contributed by atoms with Crippen molar-refractivity contribution < 1.29 is 9.18 Å². The highest BCUT2D eigenvalue weighted by atomic mass is 35.5. The van der Waals surface area contributed by atoms with Gasteiger partial charge in [0, 0.05) is 36.8 Å². The van der Waals surface area contributed by atoms with Crippen LogP contribution >= 0.6 is 11.6 Å². The lowest BCUT2D eigenvalue weighted by atomic mass is 10.0. The number of nitrogens with zero attached hydrogens (tertiary/aromatic N) is 2. The molecule has 1 aromatic heterocycles. The first kappa shape index (κ1) is 18.1. The number of halogens is 2. The number of aryl methyl sites for hydroxylation is 2. The average Bonchev–Trinajstić information content (AvgIpc) is 2.99. The van der Waals surface area contributed by atoms with E-state index in [-0.39, 0.29) is 11.7 Å². The molecule has 0 unspecified atom stereocenters. The first-order chi connectivity index (χ1) is 12.5. The van der Waals surface area contributed by atoms with E-state index in [9.17, 15) is 9.18 Å². The van der Waals surface area contributed by atoms with Crippen molar-refractivity contribution >= 4 is 17.5 Å². The number of nitrogens with one attached hydrogen (secondary N) is 1. The highest BCUT2D eigenvalue weighted by Gasteiger charge is 2.12. The van der Waals surface area contributed by atoms with Crippen LogP contribution in [-0.2, 0) is 24.8 Å². The van der Waals surface area contributed by atoms with Crippen LogP contribution in [0.2, 0.25) is 5.02 Å². The van der Waals surface area contributed by atoms with Gasteiger partial charge in [0.15, 0.2) is 0 Å². The van der Waals surface area contributed by atoms with Crippen LogP contribution in [0.25, 0.3) is 11.3 Å². The minimum atomic E-state index is -0.286. The molecule has 0 aliphatic heterocycles. The third kappa shape index (κ3) is 4.70. The first-order valence-electron chi connectivity index (χ1n) is 8.31. The molecule has 3 aromatic rings. The molecule has 2 aromatic carbocycles. The number of amides is 1. The van der Waals surface area contributed by atoms with Gasteiger partial charge >= 0.3 is 0 Å². The molecular weight excluding hydrogens is 353 g/mol. The van der Waals surface area contributed by atoms with Crippen LogP contribution in [0.5, 0.6) is 0 Å². The predicted octanol–water partition coefficient (Wildman–Crippen LogP) is 4.13. The lowest BCUT2D eigenvalue weighted by Gasteiger charge is -2.06. The maximum absolute atomic E-state index is 13.1. The Morgan fingerprint density at radius 2 is 2.00 bits per heavy atom. The molecule has 0 atom stereocenters.